The molecule has 0 saturated heterocycles. The van der Waals surface area contributed by atoms with Crippen molar-refractivity contribution in [3.63, 3.8) is 0 Å². The second-order valence-corrected chi connectivity index (χ2v) is 5.01. The van der Waals surface area contributed by atoms with Crippen LogP contribution in [0.5, 0.6) is 0 Å². The normalized spacial score (nSPS) is 34.0. The van der Waals surface area contributed by atoms with E-state index in [4.69, 9.17) is 0 Å². The largest absolute Gasteiger partial charge is 0.356 e. The van der Waals surface area contributed by atoms with Crippen LogP contribution >= 0.6 is 0 Å². The lowest BCUT2D eigenvalue weighted by molar-refractivity contribution is -0.119. The number of carbonyl (C=O) groups is 1. The van der Waals surface area contributed by atoms with Crippen molar-refractivity contribution in [2.75, 3.05) is 6.54 Å². The first-order valence-electron chi connectivity index (χ1n) is 5.18. The van der Waals surface area contributed by atoms with Gasteiger partial charge in [0.2, 0.25) is 5.91 Å². The Morgan fingerprint density at radius 1 is 1.69 bits per heavy atom. The van der Waals surface area contributed by atoms with Gasteiger partial charge in [-0.2, -0.15) is 0 Å². The topological polar surface area (TPSA) is 29.1 Å². The maximum Gasteiger partial charge on any atom is 0.216 e. The van der Waals surface area contributed by atoms with Crippen molar-refractivity contribution in [2.45, 2.75) is 40.5 Å². The first kappa shape index (κ1) is 10.6. The lowest BCUT2D eigenvalue weighted by atomic mass is 9.93. The third kappa shape index (κ3) is 3.02. The molecule has 0 heterocycles. The predicted molar refractivity (Wildman–Crippen MR) is 54.4 cm³/mol. The van der Waals surface area contributed by atoms with Crippen molar-refractivity contribution in [1.82, 2.24) is 5.32 Å². The molecule has 3 atom stereocenters. The average molecular weight is 183 g/mol. The van der Waals surface area contributed by atoms with Crippen molar-refractivity contribution in [3.05, 3.63) is 0 Å². The fraction of sp³-hybridized carbons (Fsp3) is 0.909. The molecular weight excluding hydrogens is 162 g/mol. The molecule has 1 fully saturated rings. The zero-order valence-corrected chi connectivity index (χ0v) is 9.18. The molecule has 13 heavy (non-hydrogen) atoms. The molecule has 2 nitrogen and oxygen atoms in total. The van der Waals surface area contributed by atoms with E-state index in [0.29, 0.717) is 11.3 Å². The molecule has 1 saturated carbocycles. The Hall–Kier alpha value is -0.530. The predicted octanol–water partition coefficient (Wildman–Crippen LogP) is 2.19. The van der Waals surface area contributed by atoms with Crippen LogP contribution in [0.1, 0.15) is 40.5 Å². The lowest BCUT2D eigenvalue weighted by Crippen LogP contribution is -2.26. The monoisotopic (exact) mass is 183 g/mol. The SMILES string of the molecule is CC(=O)NCC(C)CC1(C)CC1C. The summed E-state index contributed by atoms with van der Waals surface area (Å²) >= 11 is 0. The summed E-state index contributed by atoms with van der Waals surface area (Å²) < 4.78 is 0. The number of carbonyl (C=O) groups excluding carboxylic acids is 1. The summed E-state index contributed by atoms with van der Waals surface area (Å²) in [4.78, 5) is 10.7. The first-order valence-corrected chi connectivity index (χ1v) is 5.18. The molecule has 0 aromatic heterocycles. The van der Waals surface area contributed by atoms with Gasteiger partial charge in [0.25, 0.3) is 0 Å². The second-order valence-electron chi connectivity index (χ2n) is 5.01. The highest BCUT2D eigenvalue weighted by atomic mass is 16.1. The van der Waals surface area contributed by atoms with Crippen LogP contribution in [0.3, 0.4) is 0 Å². The zero-order chi connectivity index (χ0) is 10.1. The summed E-state index contributed by atoms with van der Waals surface area (Å²) in [6, 6.07) is 0. The molecule has 1 aliphatic carbocycles. The number of amides is 1. The Morgan fingerprint density at radius 2 is 2.23 bits per heavy atom. The van der Waals surface area contributed by atoms with Crippen LogP contribution in [-0.4, -0.2) is 12.5 Å². The molecule has 2 heteroatoms. The minimum Gasteiger partial charge on any atom is -0.356 e. The van der Waals surface area contributed by atoms with Gasteiger partial charge in [0.05, 0.1) is 0 Å². The Balaban J connectivity index is 2.18. The van der Waals surface area contributed by atoms with Crippen molar-refractivity contribution in [1.29, 1.82) is 0 Å². The van der Waals surface area contributed by atoms with Crippen molar-refractivity contribution in [2.24, 2.45) is 17.3 Å². The highest BCUT2D eigenvalue weighted by molar-refractivity contribution is 5.72. The lowest BCUT2D eigenvalue weighted by Gasteiger charge is -2.17. The summed E-state index contributed by atoms with van der Waals surface area (Å²) in [6.45, 7) is 9.28. The van der Waals surface area contributed by atoms with Gasteiger partial charge in [-0.1, -0.05) is 20.8 Å². The molecule has 0 radical (unpaired) electrons. The fourth-order valence-electron chi connectivity index (χ4n) is 2.11. The van der Waals surface area contributed by atoms with Crippen LogP contribution in [0, 0.1) is 17.3 Å². The highest BCUT2D eigenvalue weighted by Crippen LogP contribution is 2.55. The molecule has 0 aliphatic heterocycles. The van der Waals surface area contributed by atoms with E-state index in [2.05, 4.69) is 26.1 Å². The summed E-state index contributed by atoms with van der Waals surface area (Å²) in [7, 11) is 0. The number of hydrogen-bond acceptors (Lipinski definition) is 1. The third-order valence-electron chi connectivity index (χ3n) is 3.32. The maximum atomic E-state index is 10.7. The van der Waals surface area contributed by atoms with E-state index >= 15 is 0 Å². The number of nitrogens with one attached hydrogen (secondary N) is 1. The quantitative estimate of drug-likeness (QED) is 0.711. The Bertz CT molecular complexity index is 202. The zero-order valence-electron chi connectivity index (χ0n) is 9.18. The van der Waals surface area contributed by atoms with Crippen LogP contribution in [-0.2, 0) is 4.79 Å². The van der Waals surface area contributed by atoms with Crippen LogP contribution in [0.15, 0.2) is 0 Å². The summed E-state index contributed by atoms with van der Waals surface area (Å²) in [5.41, 5.74) is 0.567. The van der Waals surface area contributed by atoms with Gasteiger partial charge in [0.15, 0.2) is 0 Å². The first-order chi connectivity index (χ1) is 5.94. The summed E-state index contributed by atoms with van der Waals surface area (Å²) in [6.07, 6.45) is 2.60. The molecule has 0 spiro atoms. The van der Waals surface area contributed by atoms with Crippen LogP contribution in [0.2, 0.25) is 0 Å². The molecule has 0 aromatic rings. The molecule has 1 amide bonds. The summed E-state index contributed by atoms with van der Waals surface area (Å²) in [5.74, 6) is 1.58. The molecule has 1 rings (SSSR count). The van der Waals surface area contributed by atoms with Gasteiger partial charge < -0.3 is 5.32 Å². The Labute approximate surface area is 81.1 Å². The molecular formula is C11H21NO. The van der Waals surface area contributed by atoms with Gasteiger partial charge in [-0.25, -0.2) is 0 Å². The molecule has 3 unspecified atom stereocenters. The Morgan fingerprint density at radius 3 is 2.62 bits per heavy atom. The molecule has 0 aromatic carbocycles. The maximum absolute atomic E-state index is 10.7. The van der Waals surface area contributed by atoms with E-state index in [-0.39, 0.29) is 5.91 Å². The molecule has 1 N–H and O–H groups in total. The van der Waals surface area contributed by atoms with E-state index in [0.717, 1.165) is 12.5 Å². The number of rotatable bonds is 4. The van der Waals surface area contributed by atoms with Gasteiger partial charge in [-0.05, 0) is 30.1 Å². The van der Waals surface area contributed by atoms with Crippen molar-refractivity contribution >= 4 is 5.91 Å². The second kappa shape index (κ2) is 3.69. The fourth-order valence-corrected chi connectivity index (χ4v) is 2.11. The smallest absolute Gasteiger partial charge is 0.216 e. The van der Waals surface area contributed by atoms with E-state index in [9.17, 15) is 4.79 Å². The van der Waals surface area contributed by atoms with Gasteiger partial charge in [0, 0.05) is 13.5 Å². The van der Waals surface area contributed by atoms with Gasteiger partial charge in [-0.3, -0.25) is 4.79 Å². The summed E-state index contributed by atoms with van der Waals surface area (Å²) in [5, 5.41) is 2.87. The van der Waals surface area contributed by atoms with Gasteiger partial charge in [0.1, 0.15) is 0 Å². The molecule has 1 aliphatic rings. The minimum atomic E-state index is 0.0841. The Kier molecular flexibility index (Phi) is 2.99. The minimum absolute atomic E-state index is 0.0841. The number of hydrogen-bond donors (Lipinski definition) is 1. The van der Waals surface area contributed by atoms with Crippen molar-refractivity contribution in [3.8, 4) is 0 Å². The standard InChI is InChI=1S/C11H21NO/c1-8(7-12-10(3)13)5-11(4)6-9(11)2/h8-9H,5-7H2,1-4H3,(H,12,13). The van der Waals surface area contributed by atoms with E-state index in [1.165, 1.54) is 12.8 Å². The van der Waals surface area contributed by atoms with Crippen molar-refractivity contribution < 1.29 is 4.79 Å². The highest BCUT2D eigenvalue weighted by Gasteiger charge is 2.46. The van der Waals surface area contributed by atoms with Crippen LogP contribution < -0.4 is 5.32 Å². The molecule has 76 valence electrons. The van der Waals surface area contributed by atoms with Gasteiger partial charge in [-0.15, -0.1) is 0 Å². The van der Waals surface area contributed by atoms with E-state index in [1.54, 1.807) is 6.92 Å². The van der Waals surface area contributed by atoms with Gasteiger partial charge >= 0.3 is 0 Å². The van der Waals surface area contributed by atoms with Crippen LogP contribution in [0.25, 0.3) is 0 Å². The van der Waals surface area contributed by atoms with E-state index in [1.807, 2.05) is 0 Å². The molecule has 0 bridgehead atoms. The van der Waals surface area contributed by atoms with E-state index < -0.39 is 0 Å². The average Bonchev–Trinajstić information content (AvgIpc) is 2.55. The van der Waals surface area contributed by atoms with Crippen LogP contribution in [0.4, 0.5) is 0 Å². The third-order valence-corrected chi connectivity index (χ3v) is 3.32.